The Morgan fingerprint density at radius 3 is 2.93 bits per heavy atom. The normalized spacial score (nSPS) is 11.0. The van der Waals surface area contributed by atoms with Gasteiger partial charge in [0, 0.05) is 24.1 Å². The van der Waals surface area contributed by atoms with Crippen LogP contribution in [0.2, 0.25) is 0 Å². The molecule has 15 heavy (non-hydrogen) atoms. The van der Waals surface area contributed by atoms with Crippen molar-refractivity contribution in [2.24, 2.45) is 7.05 Å². The van der Waals surface area contributed by atoms with Gasteiger partial charge in [-0.2, -0.15) is 0 Å². The third kappa shape index (κ3) is 1.15. The van der Waals surface area contributed by atoms with Crippen LogP contribution < -0.4 is 0 Å². The van der Waals surface area contributed by atoms with Crippen molar-refractivity contribution < 1.29 is 4.42 Å². The minimum Gasteiger partial charge on any atom is -0.423 e. The Bertz CT molecular complexity index is 595. The molecule has 3 aromatic rings. The molecule has 4 nitrogen and oxygen atoms in total. The lowest BCUT2D eigenvalue weighted by atomic mass is 10.2. The van der Waals surface area contributed by atoms with Crippen molar-refractivity contribution in [1.29, 1.82) is 0 Å². The van der Waals surface area contributed by atoms with Crippen LogP contribution >= 0.6 is 0 Å². The predicted octanol–water partition coefficient (Wildman–Crippen LogP) is 2.23. The van der Waals surface area contributed by atoms with E-state index < -0.39 is 0 Å². The Kier molecular flexibility index (Phi) is 1.62. The van der Waals surface area contributed by atoms with Gasteiger partial charge in [-0.25, -0.2) is 0 Å². The first-order chi connectivity index (χ1) is 7.36. The molecule has 2 heterocycles. The van der Waals surface area contributed by atoms with Crippen molar-refractivity contribution in [2.45, 2.75) is 0 Å². The SMILES string of the molecule is Cn1cc(-c2nnco2)c2ccccc21. The van der Waals surface area contributed by atoms with Gasteiger partial charge in [-0.1, -0.05) is 18.2 Å². The Balaban J connectivity index is 2.37. The van der Waals surface area contributed by atoms with Crippen LogP contribution in [0.5, 0.6) is 0 Å². The maximum atomic E-state index is 5.21. The monoisotopic (exact) mass is 199 g/mol. The second kappa shape index (κ2) is 2.95. The molecule has 0 aliphatic carbocycles. The molecule has 0 saturated carbocycles. The quantitative estimate of drug-likeness (QED) is 0.603. The number of hydrogen-bond acceptors (Lipinski definition) is 3. The van der Waals surface area contributed by atoms with Crippen molar-refractivity contribution in [1.82, 2.24) is 14.8 Å². The van der Waals surface area contributed by atoms with Gasteiger partial charge in [0.2, 0.25) is 12.3 Å². The summed E-state index contributed by atoms with van der Waals surface area (Å²) in [5.41, 5.74) is 2.14. The zero-order valence-electron chi connectivity index (χ0n) is 8.21. The van der Waals surface area contributed by atoms with Gasteiger partial charge in [-0.3, -0.25) is 0 Å². The molecule has 0 aliphatic heterocycles. The first-order valence-corrected chi connectivity index (χ1v) is 4.67. The number of fused-ring (bicyclic) bond motifs is 1. The van der Waals surface area contributed by atoms with E-state index in [0.717, 1.165) is 16.5 Å². The maximum Gasteiger partial charge on any atom is 0.249 e. The summed E-state index contributed by atoms with van der Waals surface area (Å²) in [6, 6.07) is 8.13. The zero-order valence-corrected chi connectivity index (χ0v) is 8.21. The number of benzene rings is 1. The van der Waals surface area contributed by atoms with Crippen LogP contribution in [-0.2, 0) is 7.05 Å². The van der Waals surface area contributed by atoms with Crippen LogP contribution in [0.25, 0.3) is 22.4 Å². The average Bonchev–Trinajstić information content (AvgIpc) is 2.87. The van der Waals surface area contributed by atoms with Crippen LogP contribution in [0.15, 0.2) is 41.3 Å². The second-order valence-electron chi connectivity index (χ2n) is 3.41. The first kappa shape index (κ1) is 8.23. The van der Waals surface area contributed by atoms with E-state index in [0.29, 0.717) is 5.89 Å². The third-order valence-electron chi connectivity index (χ3n) is 2.49. The smallest absolute Gasteiger partial charge is 0.249 e. The van der Waals surface area contributed by atoms with Crippen molar-refractivity contribution in [2.75, 3.05) is 0 Å². The molecular weight excluding hydrogens is 190 g/mol. The Labute approximate surface area is 86.2 Å². The zero-order chi connectivity index (χ0) is 10.3. The van der Waals surface area contributed by atoms with E-state index >= 15 is 0 Å². The number of nitrogens with zero attached hydrogens (tertiary/aromatic N) is 3. The molecule has 2 aromatic heterocycles. The fourth-order valence-corrected chi connectivity index (χ4v) is 1.80. The summed E-state index contributed by atoms with van der Waals surface area (Å²) < 4.78 is 7.26. The second-order valence-corrected chi connectivity index (χ2v) is 3.41. The highest BCUT2D eigenvalue weighted by Crippen LogP contribution is 2.28. The van der Waals surface area contributed by atoms with Crippen molar-refractivity contribution in [3.8, 4) is 11.5 Å². The van der Waals surface area contributed by atoms with Gasteiger partial charge in [-0.15, -0.1) is 10.2 Å². The molecule has 0 bridgehead atoms. The van der Waals surface area contributed by atoms with Crippen molar-refractivity contribution in [3.63, 3.8) is 0 Å². The number of aromatic nitrogens is 3. The van der Waals surface area contributed by atoms with Crippen LogP contribution in [0.4, 0.5) is 0 Å². The summed E-state index contributed by atoms with van der Waals surface area (Å²) in [5.74, 6) is 0.562. The molecule has 1 aromatic carbocycles. The molecule has 0 radical (unpaired) electrons. The van der Waals surface area contributed by atoms with E-state index in [1.807, 2.05) is 25.4 Å². The fraction of sp³-hybridized carbons (Fsp3) is 0.0909. The van der Waals surface area contributed by atoms with Gasteiger partial charge >= 0.3 is 0 Å². The fourth-order valence-electron chi connectivity index (χ4n) is 1.80. The molecule has 74 valence electrons. The number of para-hydroxylation sites is 1. The first-order valence-electron chi connectivity index (χ1n) is 4.67. The molecule has 0 aliphatic rings. The number of hydrogen-bond donors (Lipinski definition) is 0. The third-order valence-corrected chi connectivity index (χ3v) is 2.49. The Morgan fingerprint density at radius 1 is 1.27 bits per heavy atom. The highest BCUT2D eigenvalue weighted by atomic mass is 16.4. The minimum absolute atomic E-state index is 0.562. The lowest BCUT2D eigenvalue weighted by Crippen LogP contribution is -1.81. The number of rotatable bonds is 1. The van der Waals surface area contributed by atoms with E-state index in [-0.39, 0.29) is 0 Å². The van der Waals surface area contributed by atoms with Crippen molar-refractivity contribution in [3.05, 3.63) is 36.9 Å². The average molecular weight is 199 g/mol. The summed E-state index contributed by atoms with van der Waals surface area (Å²) in [6.45, 7) is 0. The lowest BCUT2D eigenvalue weighted by Gasteiger charge is -1.92. The Morgan fingerprint density at radius 2 is 2.13 bits per heavy atom. The van der Waals surface area contributed by atoms with Gasteiger partial charge in [0.15, 0.2) is 0 Å². The summed E-state index contributed by atoms with van der Waals surface area (Å²) in [7, 11) is 2.00. The van der Waals surface area contributed by atoms with Gasteiger partial charge in [-0.05, 0) is 6.07 Å². The molecule has 0 N–H and O–H groups in total. The molecule has 0 fully saturated rings. The topological polar surface area (TPSA) is 43.9 Å². The van der Waals surface area contributed by atoms with Gasteiger partial charge < -0.3 is 8.98 Å². The Hall–Kier alpha value is -2.10. The van der Waals surface area contributed by atoms with Crippen molar-refractivity contribution >= 4 is 10.9 Å². The summed E-state index contributed by atoms with van der Waals surface area (Å²) in [4.78, 5) is 0. The standard InChI is InChI=1S/C11H9N3O/c1-14-6-9(11-13-12-7-15-11)8-4-2-3-5-10(8)14/h2-7H,1H3. The molecular formula is C11H9N3O. The largest absolute Gasteiger partial charge is 0.423 e. The summed E-state index contributed by atoms with van der Waals surface area (Å²) in [5, 5.41) is 8.74. The van der Waals surface area contributed by atoms with Gasteiger partial charge in [0.1, 0.15) is 0 Å². The molecule has 3 rings (SSSR count). The molecule has 4 heteroatoms. The van der Waals surface area contributed by atoms with E-state index in [4.69, 9.17) is 4.42 Å². The number of aryl methyl sites for hydroxylation is 1. The lowest BCUT2D eigenvalue weighted by molar-refractivity contribution is 0.569. The predicted molar refractivity (Wildman–Crippen MR) is 56.2 cm³/mol. The van der Waals surface area contributed by atoms with Crippen LogP contribution in [0.1, 0.15) is 0 Å². The minimum atomic E-state index is 0.562. The van der Waals surface area contributed by atoms with Crippen LogP contribution in [0, 0.1) is 0 Å². The maximum absolute atomic E-state index is 5.21. The van der Waals surface area contributed by atoms with Gasteiger partial charge in [0.05, 0.1) is 5.56 Å². The van der Waals surface area contributed by atoms with Crippen LogP contribution in [0.3, 0.4) is 0 Å². The molecule has 0 unspecified atom stereocenters. The van der Waals surface area contributed by atoms with E-state index in [1.165, 1.54) is 6.39 Å². The van der Waals surface area contributed by atoms with E-state index in [2.05, 4.69) is 26.9 Å². The van der Waals surface area contributed by atoms with Crippen LogP contribution in [-0.4, -0.2) is 14.8 Å². The molecule has 0 atom stereocenters. The summed E-state index contributed by atoms with van der Waals surface area (Å²) >= 11 is 0. The van der Waals surface area contributed by atoms with E-state index in [9.17, 15) is 0 Å². The molecule has 0 amide bonds. The molecule has 0 saturated heterocycles. The molecule has 0 spiro atoms. The van der Waals surface area contributed by atoms with Gasteiger partial charge in [0.25, 0.3) is 0 Å². The highest BCUT2D eigenvalue weighted by molar-refractivity contribution is 5.93. The van der Waals surface area contributed by atoms with E-state index in [1.54, 1.807) is 0 Å². The highest BCUT2D eigenvalue weighted by Gasteiger charge is 2.11. The summed E-state index contributed by atoms with van der Waals surface area (Å²) in [6.07, 6.45) is 3.34.